The third kappa shape index (κ3) is 4.48. The van der Waals surface area contributed by atoms with Crippen LogP contribution in [0.2, 0.25) is 0 Å². The second-order valence-corrected chi connectivity index (χ2v) is 6.81. The first-order chi connectivity index (χ1) is 8.34. The smallest absolute Gasteiger partial charge is 0.268 e. The molecule has 102 valence electrons. The summed E-state index contributed by atoms with van der Waals surface area (Å²) in [4.78, 5) is 11.7. The average Bonchev–Trinajstić information content (AvgIpc) is 2.27. The van der Waals surface area contributed by atoms with Gasteiger partial charge in [0, 0.05) is 17.9 Å². The van der Waals surface area contributed by atoms with Crippen molar-refractivity contribution in [3.63, 3.8) is 0 Å². The van der Waals surface area contributed by atoms with Crippen molar-refractivity contribution < 1.29 is 8.42 Å². The molecule has 18 heavy (non-hydrogen) atoms. The van der Waals surface area contributed by atoms with E-state index in [0.29, 0.717) is 5.69 Å². The highest BCUT2D eigenvalue weighted by molar-refractivity contribution is 7.91. The van der Waals surface area contributed by atoms with Crippen molar-refractivity contribution in [3.05, 3.63) is 22.6 Å². The Kier molecular flexibility index (Phi) is 4.89. The van der Waals surface area contributed by atoms with E-state index in [-0.39, 0.29) is 29.7 Å². The van der Waals surface area contributed by atoms with Gasteiger partial charge < -0.3 is 5.32 Å². The van der Waals surface area contributed by atoms with Crippen LogP contribution in [0.4, 0.5) is 5.69 Å². The number of aryl methyl sites for hydroxylation is 1. The van der Waals surface area contributed by atoms with E-state index in [1.807, 2.05) is 13.8 Å². The molecule has 1 N–H and O–H groups in total. The van der Waals surface area contributed by atoms with E-state index in [1.165, 1.54) is 16.9 Å². The van der Waals surface area contributed by atoms with Crippen LogP contribution in [0.1, 0.15) is 20.8 Å². The van der Waals surface area contributed by atoms with Gasteiger partial charge in [-0.1, -0.05) is 6.92 Å². The second-order valence-electron chi connectivity index (χ2n) is 4.34. The Bertz CT molecular complexity index is 549. The number of hydrogen-bond donors (Lipinski definition) is 1. The van der Waals surface area contributed by atoms with E-state index in [9.17, 15) is 13.2 Å². The molecule has 0 atom stereocenters. The first kappa shape index (κ1) is 14.7. The van der Waals surface area contributed by atoms with Crippen LogP contribution in [0.15, 0.2) is 17.1 Å². The minimum Gasteiger partial charge on any atom is -0.381 e. The van der Waals surface area contributed by atoms with E-state index in [4.69, 9.17) is 0 Å². The summed E-state index contributed by atoms with van der Waals surface area (Å²) in [5, 5.41) is 7.01. The summed E-state index contributed by atoms with van der Waals surface area (Å²) in [6, 6.07) is 1.63. The van der Waals surface area contributed by atoms with Crippen LogP contribution in [0.25, 0.3) is 0 Å². The van der Waals surface area contributed by atoms with Gasteiger partial charge in [0.15, 0.2) is 9.84 Å². The lowest BCUT2D eigenvalue weighted by Gasteiger charge is -2.10. The van der Waals surface area contributed by atoms with Crippen LogP contribution in [0.5, 0.6) is 0 Å². The molecule has 1 rings (SSSR count). The average molecular weight is 273 g/mol. The number of nitrogens with one attached hydrogen (secondary N) is 1. The van der Waals surface area contributed by atoms with Crippen LogP contribution in [-0.2, 0) is 16.4 Å². The largest absolute Gasteiger partial charge is 0.381 e. The highest BCUT2D eigenvalue weighted by Gasteiger charge is 2.09. The number of rotatable bonds is 6. The number of aromatic nitrogens is 2. The lowest BCUT2D eigenvalue weighted by atomic mass is 10.3. The predicted octanol–water partition coefficient (Wildman–Crippen LogP) is 0.498. The molecule has 0 radical (unpaired) electrons. The van der Waals surface area contributed by atoms with E-state index < -0.39 is 9.84 Å². The summed E-state index contributed by atoms with van der Waals surface area (Å²) < 4.78 is 23.8. The van der Waals surface area contributed by atoms with E-state index in [1.54, 1.807) is 6.92 Å². The SMILES string of the molecule is CCS(=O)(=O)CCn1ncc(NC(C)C)cc1=O. The van der Waals surface area contributed by atoms with Gasteiger partial charge in [-0.15, -0.1) is 0 Å². The molecule has 0 bridgehead atoms. The lowest BCUT2D eigenvalue weighted by Crippen LogP contribution is -2.27. The maximum atomic E-state index is 11.7. The molecule has 0 saturated carbocycles. The summed E-state index contributed by atoms with van der Waals surface area (Å²) in [5.41, 5.74) is 0.344. The Labute approximate surface area is 107 Å². The highest BCUT2D eigenvalue weighted by atomic mass is 32.2. The second kappa shape index (κ2) is 5.99. The number of sulfone groups is 1. The normalized spacial score (nSPS) is 11.8. The Morgan fingerprint density at radius 2 is 2.11 bits per heavy atom. The molecule has 0 amide bonds. The van der Waals surface area contributed by atoms with Crippen molar-refractivity contribution in [3.8, 4) is 0 Å². The third-order valence-electron chi connectivity index (χ3n) is 2.38. The zero-order valence-electron chi connectivity index (χ0n) is 10.9. The topological polar surface area (TPSA) is 81.1 Å². The molecular weight excluding hydrogens is 254 g/mol. The summed E-state index contributed by atoms with van der Waals surface area (Å²) in [6.07, 6.45) is 1.53. The van der Waals surface area contributed by atoms with Crippen molar-refractivity contribution in [1.82, 2.24) is 9.78 Å². The van der Waals surface area contributed by atoms with Crippen LogP contribution in [0, 0.1) is 0 Å². The standard InChI is InChI=1S/C11H19N3O3S/c1-4-18(16,17)6-5-14-11(15)7-10(8-12-14)13-9(2)3/h7-9,13H,4-6H2,1-3H3. The molecule has 1 aromatic rings. The summed E-state index contributed by atoms with van der Waals surface area (Å²) in [7, 11) is -3.08. The zero-order valence-corrected chi connectivity index (χ0v) is 11.7. The molecule has 0 saturated heterocycles. The molecule has 1 aromatic heterocycles. The molecule has 1 heterocycles. The fourth-order valence-corrected chi connectivity index (χ4v) is 2.12. The van der Waals surface area contributed by atoms with Gasteiger partial charge in [0.2, 0.25) is 0 Å². The van der Waals surface area contributed by atoms with Gasteiger partial charge in [-0.3, -0.25) is 4.79 Å². The zero-order chi connectivity index (χ0) is 13.8. The lowest BCUT2D eigenvalue weighted by molar-refractivity contribution is 0.572. The summed E-state index contributed by atoms with van der Waals surface area (Å²) >= 11 is 0. The predicted molar refractivity (Wildman–Crippen MR) is 71.6 cm³/mol. The molecule has 0 fully saturated rings. The Balaban J connectivity index is 2.78. The van der Waals surface area contributed by atoms with Crippen molar-refractivity contribution in [2.24, 2.45) is 0 Å². The number of nitrogens with zero attached hydrogens (tertiary/aromatic N) is 2. The molecule has 7 heteroatoms. The maximum absolute atomic E-state index is 11.7. The van der Waals surface area contributed by atoms with Crippen molar-refractivity contribution in [2.75, 3.05) is 16.8 Å². The van der Waals surface area contributed by atoms with Gasteiger partial charge in [-0.05, 0) is 13.8 Å². The monoisotopic (exact) mass is 273 g/mol. The fraction of sp³-hybridized carbons (Fsp3) is 0.636. The van der Waals surface area contributed by atoms with Crippen molar-refractivity contribution in [2.45, 2.75) is 33.4 Å². The molecule has 0 unspecified atom stereocenters. The number of hydrogen-bond acceptors (Lipinski definition) is 5. The minimum atomic E-state index is -3.08. The molecular formula is C11H19N3O3S. The van der Waals surface area contributed by atoms with E-state index in [2.05, 4.69) is 10.4 Å². The summed E-state index contributed by atoms with van der Waals surface area (Å²) in [6.45, 7) is 5.59. The van der Waals surface area contributed by atoms with Crippen LogP contribution < -0.4 is 10.9 Å². The highest BCUT2D eigenvalue weighted by Crippen LogP contribution is 2.02. The first-order valence-electron chi connectivity index (χ1n) is 5.88. The molecule has 0 spiro atoms. The minimum absolute atomic E-state index is 0.0621. The van der Waals surface area contributed by atoms with Gasteiger partial charge in [0.1, 0.15) is 0 Å². The third-order valence-corrected chi connectivity index (χ3v) is 4.06. The van der Waals surface area contributed by atoms with Crippen molar-refractivity contribution >= 4 is 15.5 Å². The molecule has 0 aromatic carbocycles. The Morgan fingerprint density at radius 3 is 2.61 bits per heavy atom. The van der Waals surface area contributed by atoms with Gasteiger partial charge in [0.25, 0.3) is 5.56 Å². The van der Waals surface area contributed by atoms with E-state index >= 15 is 0 Å². The summed E-state index contributed by atoms with van der Waals surface area (Å²) in [5.74, 6) is 0.0160. The Morgan fingerprint density at radius 1 is 1.44 bits per heavy atom. The van der Waals surface area contributed by atoms with Crippen LogP contribution in [-0.4, -0.2) is 35.7 Å². The number of anilines is 1. The van der Waals surface area contributed by atoms with Gasteiger partial charge in [-0.2, -0.15) is 5.10 Å². The van der Waals surface area contributed by atoms with Crippen molar-refractivity contribution in [1.29, 1.82) is 0 Å². The quantitative estimate of drug-likeness (QED) is 0.816. The Hall–Kier alpha value is -1.37. The molecule has 0 aliphatic rings. The van der Waals surface area contributed by atoms with Crippen LogP contribution >= 0.6 is 0 Å². The van der Waals surface area contributed by atoms with Gasteiger partial charge in [0.05, 0.1) is 24.2 Å². The molecule has 6 nitrogen and oxygen atoms in total. The van der Waals surface area contributed by atoms with Gasteiger partial charge in [-0.25, -0.2) is 13.1 Å². The first-order valence-corrected chi connectivity index (χ1v) is 7.70. The maximum Gasteiger partial charge on any atom is 0.268 e. The molecule has 0 aliphatic heterocycles. The fourth-order valence-electron chi connectivity index (χ4n) is 1.38. The van der Waals surface area contributed by atoms with Gasteiger partial charge >= 0.3 is 0 Å². The van der Waals surface area contributed by atoms with E-state index in [0.717, 1.165) is 0 Å². The van der Waals surface area contributed by atoms with Crippen LogP contribution in [0.3, 0.4) is 0 Å². The molecule has 0 aliphatic carbocycles.